The zero-order valence-electron chi connectivity index (χ0n) is 8.86. The maximum absolute atomic E-state index is 5.69. The van der Waals surface area contributed by atoms with Crippen molar-refractivity contribution in [2.24, 2.45) is 0 Å². The standard InChI is InChI=1S/C11H14N4/c1-15(2)14-11-6-3-8-7-9(12)4-5-10(8)13-11/h3-7H,12H2,1-2H3,(H,13,14). The lowest BCUT2D eigenvalue weighted by Crippen LogP contribution is -2.20. The first-order chi connectivity index (χ1) is 7.15. The molecule has 1 aromatic carbocycles. The van der Waals surface area contributed by atoms with Crippen LogP contribution in [0.4, 0.5) is 11.5 Å². The van der Waals surface area contributed by atoms with Gasteiger partial charge in [0.1, 0.15) is 5.82 Å². The Morgan fingerprint density at radius 2 is 2.00 bits per heavy atom. The van der Waals surface area contributed by atoms with Crippen LogP contribution < -0.4 is 11.2 Å². The molecule has 1 heterocycles. The topological polar surface area (TPSA) is 54.2 Å². The van der Waals surface area contributed by atoms with E-state index in [-0.39, 0.29) is 0 Å². The number of rotatable bonds is 2. The molecule has 0 radical (unpaired) electrons. The first-order valence-corrected chi connectivity index (χ1v) is 4.75. The minimum Gasteiger partial charge on any atom is -0.399 e. The van der Waals surface area contributed by atoms with Gasteiger partial charge in [-0.3, -0.25) is 0 Å². The lowest BCUT2D eigenvalue weighted by molar-refractivity contribution is 0.493. The van der Waals surface area contributed by atoms with E-state index in [9.17, 15) is 0 Å². The van der Waals surface area contributed by atoms with E-state index in [1.165, 1.54) is 0 Å². The predicted molar refractivity (Wildman–Crippen MR) is 63.5 cm³/mol. The van der Waals surface area contributed by atoms with Crippen molar-refractivity contribution in [2.75, 3.05) is 25.3 Å². The summed E-state index contributed by atoms with van der Waals surface area (Å²) < 4.78 is 0. The maximum atomic E-state index is 5.69. The van der Waals surface area contributed by atoms with Crippen LogP contribution in [0.2, 0.25) is 0 Å². The van der Waals surface area contributed by atoms with Crippen molar-refractivity contribution >= 4 is 22.4 Å². The lowest BCUT2D eigenvalue weighted by Gasteiger charge is -2.12. The van der Waals surface area contributed by atoms with Crippen LogP contribution in [0, 0.1) is 0 Å². The quantitative estimate of drug-likeness (QED) is 0.575. The molecule has 1 aromatic heterocycles. The van der Waals surface area contributed by atoms with Gasteiger partial charge in [0.25, 0.3) is 0 Å². The van der Waals surface area contributed by atoms with Crippen molar-refractivity contribution in [2.45, 2.75) is 0 Å². The van der Waals surface area contributed by atoms with E-state index < -0.39 is 0 Å². The zero-order chi connectivity index (χ0) is 10.8. The van der Waals surface area contributed by atoms with E-state index >= 15 is 0 Å². The summed E-state index contributed by atoms with van der Waals surface area (Å²) >= 11 is 0. The molecule has 0 fully saturated rings. The van der Waals surface area contributed by atoms with Crippen molar-refractivity contribution in [3.8, 4) is 0 Å². The van der Waals surface area contributed by atoms with Gasteiger partial charge >= 0.3 is 0 Å². The van der Waals surface area contributed by atoms with Gasteiger partial charge in [0.15, 0.2) is 0 Å². The molecule has 0 aliphatic carbocycles. The summed E-state index contributed by atoms with van der Waals surface area (Å²) in [4.78, 5) is 4.45. The number of hydrogen-bond donors (Lipinski definition) is 2. The van der Waals surface area contributed by atoms with Crippen LogP contribution >= 0.6 is 0 Å². The molecule has 0 amide bonds. The number of nitrogens with two attached hydrogens (primary N) is 1. The highest BCUT2D eigenvalue weighted by atomic mass is 15.5. The van der Waals surface area contributed by atoms with Crippen LogP contribution in [0.25, 0.3) is 10.9 Å². The van der Waals surface area contributed by atoms with Gasteiger partial charge in [0, 0.05) is 25.2 Å². The van der Waals surface area contributed by atoms with Crippen molar-refractivity contribution in [3.63, 3.8) is 0 Å². The van der Waals surface area contributed by atoms with Gasteiger partial charge in [-0.1, -0.05) is 0 Å². The number of hydrogen-bond acceptors (Lipinski definition) is 4. The number of nitrogens with zero attached hydrogens (tertiary/aromatic N) is 2. The summed E-state index contributed by atoms with van der Waals surface area (Å²) in [6.07, 6.45) is 0. The molecule has 0 atom stereocenters. The molecule has 0 bridgehead atoms. The molecule has 2 rings (SSSR count). The van der Waals surface area contributed by atoms with Gasteiger partial charge in [-0.05, 0) is 30.3 Å². The van der Waals surface area contributed by atoms with Crippen molar-refractivity contribution < 1.29 is 0 Å². The third-order valence-corrected chi connectivity index (χ3v) is 2.05. The minimum absolute atomic E-state index is 0.762. The van der Waals surface area contributed by atoms with Crippen LogP contribution in [0.3, 0.4) is 0 Å². The average molecular weight is 202 g/mol. The Hall–Kier alpha value is -1.81. The van der Waals surface area contributed by atoms with Gasteiger partial charge in [-0.15, -0.1) is 0 Å². The number of hydrazine groups is 1. The maximum Gasteiger partial charge on any atom is 0.141 e. The summed E-state index contributed by atoms with van der Waals surface area (Å²) in [5, 5.41) is 2.91. The molecule has 78 valence electrons. The zero-order valence-corrected chi connectivity index (χ0v) is 8.86. The van der Waals surface area contributed by atoms with Gasteiger partial charge < -0.3 is 11.2 Å². The summed E-state index contributed by atoms with van der Waals surface area (Å²) in [5.74, 6) is 0.831. The fourth-order valence-electron chi connectivity index (χ4n) is 1.44. The predicted octanol–water partition coefficient (Wildman–Crippen LogP) is 1.71. The highest BCUT2D eigenvalue weighted by Crippen LogP contribution is 2.17. The third kappa shape index (κ3) is 2.16. The summed E-state index contributed by atoms with van der Waals surface area (Å²) in [5.41, 5.74) is 10.5. The van der Waals surface area contributed by atoms with Crippen molar-refractivity contribution in [1.82, 2.24) is 9.99 Å². The van der Waals surface area contributed by atoms with Crippen LogP contribution in [0.5, 0.6) is 0 Å². The number of nitrogen functional groups attached to an aromatic ring is 1. The Balaban J connectivity index is 2.43. The molecule has 0 aliphatic rings. The average Bonchev–Trinajstić information content (AvgIpc) is 2.17. The lowest BCUT2D eigenvalue weighted by atomic mass is 10.2. The molecule has 4 nitrogen and oxygen atoms in total. The van der Waals surface area contributed by atoms with E-state index in [2.05, 4.69) is 10.4 Å². The molecule has 3 N–H and O–H groups in total. The number of fused-ring (bicyclic) bond motifs is 1. The fourth-order valence-corrected chi connectivity index (χ4v) is 1.44. The normalized spacial score (nSPS) is 10.9. The van der Waals surface area contributed by atoms with Gasteiger partial charge in [-0.2, -0.15) is 0 Å². The Morgan fingerprint density at radius 1 is 1.20 bits per heavy atom. The highest BCUT2D eigenvalue weighted by molar-refractivity contribution is 5.83. The monoisotopic (exact) mass is 202 g/mol. The third-order valence-electron chi connectivity index (χ3n) is 2.05. The smallest absolute Gasteiger partial charge is 0.141 e. The summed E-state index contributed by atoms with van der Waals surface area (Å²) in [6.45, 7) is 0. The Labute approximate surface area is 88.7 Å². The second-order valence-electron chi connectivity index (χ2n) is 3.65. The van der Waals surface area contributed by atoms with Gasteiger partial charge in [-0.25, -0.2) is 9.99 Å². The Kier molecular flexibility index (Phi) is 2.43. The molecular formula is C11H14N4. The highest BCUT2D eigenvalue weighted by Gasteiger charge is 1.98. The van der Waals surface area contributed by atoms with Gasteiger partial charge in [0.2, 0.25) is 0 Å². The second kappa shape index (κ2) is 3.74. The first-order valence-electron chi connectivity index (χ1n) is 4.75. The van der Waals surface area contributed by atoms with Gasteiger partial charge in [0.05, 0.1) is 5.52 Å². The van der Waals surface area contributed by atoms with Crippen LogP contribution in [-0.2, 0) is 0 Å². The molecule has 15 heavy (non-hydrogen) atoms. The van der Waals surface area contributed by atoms with Crippen molar-refractivity contribution in [1.29, 1.82) is 0 Å². The molecule has 0 aliphatic heterocycles. The Bertz CT molecular complexity index is 479. The fraction of sp³-hybridized carbons (Fsp3) is 0.182. The van der Waals surface area contributed by atoms with E-state index in [1.54, 1.807) is 0 Å². The molecule has 0 saturated carbocycles. The molecule has 0 spiro atoms. The molecule has 4 heteroatoms. The van der Waals surface area contributed by atoms with Crippen molar-refractivity contribution in [3.05, 3.63) is 30.3 Å². The van der Waals surface area contributed by atoms with E-state index in [0.717, 1.165) is 22.4 Å². The number of nitrogens with one attached hydrogen (secondary N) is 1. The largest absolute Gasteiger partial charge is 0.399 e. The van der Waals surface area contributed by atoms with E-state index in [4.69, 9.17) is 5.73 Å². The van der Waals surface area contributed by atoms with Crippen LogP contribution in [0.1, 0.15) is 0 Å². The number of aromatic nitrogens is 1. The number of pyridine rings is 1. The SMILES string of the molecule is CN(C)Nc1ccc2cc(N)ccc2n1. The molecular weight excluding hydrogens is 188 g/mol. The number of benzene rings is 1. The molecule has 0 saturated heterocycles. The minimum atomic E-state index is 0.762. The second-order valence-corrected chi connectivity index (χ2v) is 3.65. The van der Waals surface area contributed by atoms with E-state index in [1.807, 2.05) is 49.4 Å². The summed E-state index contributed by atoms with van der Waals surface area (Å²) in [6, 6.07) is 9.63. The summed E-state index contributed by atoms with van der Waals surface area (Å²) in [7, 11) is 3.85. The van der Waals surface area contributed by atoms with Crippen LogP contribution in [0.15, 0.2) is 30.3 Å². The Morgan fingerprint density at radius 3 is 2.73 bits per heavy atom. The molecule has 0 unspecified atom stereocenters. The molecule has 2 aromatic rings. The first kappa shape index (κ1) is 9.73. The van der Waals surface area contributed by atoms with Crippen LogP contribution in [-0.4, -0.2) is 24.1 Å². The van der Waals surface area contributed by atoms with E-state index in [0.29, 0.717) is 0 Å². The number of anilines is 2.